The molecular formula is C22H14N3O4S. The third-order valence-corrected chi connectivity index (χ3v) is 5.80. The molecule has 7 nitrogen and oxygen atoms in total. The van der Waals surface area contributed by atoms with Gasteiger partial charge >= 0.3 is 0 Å². The largest absolute Gasteiger partial charge is 0.486 e. The molecular weight excluding hydrogens is 402 g/mol. The van der Waals surface area contributed by atoms with Gasteiger partial charge in [-0.05, 0) is 54.0 Å². The number of anilines is 2. The van der Waals surface area contributed by atoms with Crippen LogP contribution in [-0.2, 0) is 4.79 Å². The van der Waals surface area contributed by atoms with Gasteiger partial charge in [-0.2, -0.15) is 0 Å². The lowest BCUT2D eigenvalue weighted by molar-refractivity contribution is -0.125. The van der Waals surface area contributed by atoms with Gasteiger partial charge in [0.1, 0.15) is 24.5 Å². The van der Waals surface area contributed by atoms with Crippen molar-refractivity contribution in [2.75, 3.05) is 18.1 Å². The molecule has 0 saturated heterocycles. The monoisotopic (exact) mass is 416 g/mol. The number of hydrogen-bond donors (Lipinski definition) is 0. The van der Waals surface area contributed by atoms with E-state index in [9.17, 15) is 4.79 Å². The van der Waals surface area contributed by atoms with E-state index in [0.717, 1.165) is 15.8 Å². The second-order valence-electron chi connectivity index (χ2n) is 6.89. The molecule has 0 N–H and O–H groups in total. The Hall–Kier alpha value is -3.65. The SMILES string of the molecule is O=C1C(c2ccc3snnc3c2)Oc2cc[c]cc2N1c1ccc2c(c1)OCCO2. The lowest BCUT2D eigenvalue weighted by atomic mass is 10.0. The molecule has 2 aliphatic rings. The van der Waals surface area contributed by atoms with E-state index in [-0.39, 0.29) is 5.91 Å². The third-order valence-electron chi connectivity index (χ3n) is 5.09. The topological polar surface area (TPSA) is 73.8 Å². The molecule has 1 amide bonds. The van der Waals surface area contributed by atoms with Crippen LogP contribution in [0.4, 0.5) is 11.4 Å². The number of carbonyl (C=O) groups is 1. The average Bonchev–Trinajstić information content (AvgIpc) is 3.26. The van der Waals surface area contributed by atoms with Crippen LogP contribution in [0.5, 0.6) is 17.2 Å². The summed E-state index contributed by atoms with van der Waals surface area (Å²) in [5, 5.41) is 4.12. The van der Waals surface area contributed by atoms with E-state index in [4.69, 9.17) is 14.2 Å². The molecule has 30 heavy (non-hydrogen) atoms. The Bertz CT molecular complexity index is 1290. The van der Waals surface area contributed by atoms with Gasteiger partial charge in [-0.3, -0.25) is 9.69 Å². The first-order chi connectivity index (χ1) is 14.8. The Morgan fingerprint density at radius 1 is 1.03 bits per heavy atom. The molecule has 1 atom stereocenters. The minimum absolute atomic E-state index is 0.207. The molecule has 1 aromatic heterocycles. The lowest BCUT2D eigenvalue weighted by Gasteiger charge is -2.35. The summed E-state index contributed by atoms with van der Waals surface area (Å²) in [6.45, 7) is 0.985. The number of aromatic nitrogens is 2. The molecule has 4 aromatic rings. The van der Waals surface area contributed by atoms with Crippen molar-refractivity contribution >= 4 is 39.0 Å². The molecule has 0 spiro atoms. The number of ether oxygens (including phenoxy) is 3. The fourth-order valence-corrected chi connectivity index (χ4v) is 4.24. The Morgan fingerprint density at radius 2 is 1.93 bits per heavy atom. The van der Waals surface area contributed by atoms with Gasteiger partial charge in [0, 0.05) is 11.6 Å². The zero-order valence-corrected chi connectivity index (χ0v) is 16.4. The highest BCUT2D eigenvalue weighted by Gasteiger charge is 2.37. The second kappa shape index (κ2) is 6.70. The van der Waals surface area contributed by atoms with Crippen molar-refractivity contribution < 1.29 is 19.0 Å². The van der Waals surface area contributed by atoms with Crippen LogP contribution < -0.4 is 19.1 Å². The summed E-state index contributed by atoms with van der Waals surface area (Å²) in [4.78, 5) is 15.3. The van der Waals surface area contributed by atoms with Crippen LogP contribution >= 0.6 is 11.5 Å². The molecule has 8 heteroatoms. The molecule has 1 unspecified atom stereocenters. The minimum Gasteiger partial charge on any atom is -0.486 e. The van der Waals surface area contributed by atoms with Gasteiger partial charge in [-0.25, -0.2) is 0 Å². The quantitative estimate of drug-likeness (QED) is 0.491. The number of hydrogen-bond acceptors (Lipinski definition) is 7. The van der Waals surface area contributed by atoms with Gasteiger partial charge in [0.25, 0.3) is 5.91 Å². The van der Waals surface area contributed by atoms with Gasteiger partial charge in [0.15, 0.2) is 11.5 Å². The van der Waals surface area contributed by atoms with Gasteiger partial charge in [-0.1, -0.05) is 16.6 Å². The van der Waals surface area contributed by atoms with E-state index in [1.165, 1.54) is 11.5 Å². The van der Waals surface area contributed by atoms with Crippen molar-refractivity contribution in [3.8, 4) is 17.2 Å². The van der Waals surface area contributed by atoms with Gasteiger partial charge in [0.05, 0.1) is 16.1 Å². The van der Waals surface area contributed by atoms with Crippen LogP contribution in [0.15, 0.2) is 54.6 Å². The highest BCUT2D eigenvalue weighted by molar-refractivity contribution is 7.12. The number of nitrogens with zero attached hydrogens (tertiary/aromatic N) is 3. The van der Waals surface area contributed by atoms with E-state index < -0.39 is 6.10 Å². The van der Waals surface area contributed by atoms with E-state index in [1.807, 2.05) is 42.5 Å². The first-order valence-electron chi connectivity index (χ1n) is 9.40. The molecule has 0 aliphatic carbocycles. The van der Waals surface area contributed by atoms with Crippen LogP contribution in [0.1, 0.15) is 11.7 Å². The summed E-state index contributed by atoms with van der Waals surface area (Å²) in [6, 6.07) is 19.5. The van der Waals surface area contributed by atoms with E-state index in [2.05, 4.69) is 15.7 Å². The minimum atomic E-state index is -0.806. The fraction of sp³-hybridized carbons (Fsp3) is 0.136. The molecule has 147 valence electrons. The summed E-state index contributed by atoms with van der Waals surface area (Å²) >= 11 is 1.32. The van der Waals surface area contributed by atoms with Crippen LogP contribution in [0.3, 0.4) is 0 Å². The Kier molecular flexibility index (Phi) is 3.85. The molecule has 2 aliphatic heterocycles. The Morgan fingerprint density at radius 3 is 2.87 bits per heavy atom. The highest BCUT2D eigenvalue weighted by atomic mass is 32.1. The Balaban J connectivity index is 1.47. The number of amides is 1. The summed E-state index contributed by atoms with van der Waals surface area (Å²) < 4.78 is 22.4. The van der Waals surface area contributed by atoms with E-state index in [0.29, 0.717) is 41.8 Å². The molecule has 3 heterocycles. The predicted molar refractivity (Wildman–Crippen MR) is 111 cm³/mol. The van der Waals surface area contributed by atoms with Crippen LogP contribution in [0.25, 0.3) is 10.2 Å². The van der Waals surface area contributed by atoms with Gasteiger partial charge in [0.2, 0.25) is 6.10 Å². The summed E-state index contributed by atoms with van der Waals surface area (Å²) in [7, 11) is 0. The van der Waals surface area contributed by atoms with Crippen molar-refractivity contribution in [2.45, 2.75) is 6.10 Å². The van der Waals surface area contributed by atoms with Crippen molar-refractivity contribution in [3.05, 3.63) is 66.2 Å². The maximum absolute atomic E-state index is 13.6. The third kappa shape index (κ3) is 2.68. The van der Waals surface area contributed by atoms with E-state index in [1.54, 1.807) is 17.0 Å². The maximum Gasteiger partial charge on any atom is 0.277 e. The second-order valence-corrected chi connectivity index (χ2v) is 7.68. The van der Waals surface area contributed by atoms with Crippen molar-refractivity contribution in [1.82, 2.24) is 9.59 Å². The van der Waals surface area contributed by atoms with Crippen LogP contribution in [0, 0.1) is 6.07 Å². The van der Waals surface area contributed by atoms with Crippen LogP contribution in [0.2, 0.25) is 0 Å². The maximum atomic E-state index is 13.6. The molecule has 1 radical (unpaired) electrons. The summed E-state index contributed by atoms with van der Waals surface area (Å²) in [5.41, 5.74) is 2.77. The first kappa shape index (κ1) is 17.2. The van der Waals surface area contributed by atoms with Crippen molar-refractivity contribution in [3.63, 3.8) is 0 Å². The zero-order valence-electron chi connectivity index (χ0n) is 15.6. The van der Waals surface area contributed by atoms with Crippen molar-refractivity contribution in [2.24, 2.45) is 0 Å². The molecule has 0 fully saturated rings. The van der Waals surface area contributed by atoms with E-state index >= 15 is 0 Å². The lowest BCUT2D eigenvalue weighted by Crippen LogP contribution is -2.38. The zero-order chi connectivity index (χ0) is 20.1. The number of carbonyl (C=O) groups excluding carboxylic acids is 1. The number of rotatable bonds is 2. The smallest absolute Gasteiger partial charge is 0.277 e. The fourth-order valence-electron chi connectivity index (χ4n) is 3.70. The van der Waals surface area contributed by atoms with Crippen molar-refractivity contribution in [1.29, 1.82) is 0 Å². The normalized spacial score (nSPS) is 17.5. The summed E-state index contributed by atoms with van der Waals surface area (Å²) in [6.07, 6.45) is -0.806. The number of benzene rings is 3. The standard InChI is InChI=1S/C22H14N3O4S/c26-22-21(13-5-8-20-15(11-13)23-24-30-20)29-17-4-2-1-3-16(17)25(22)14-6-7-18-19(12-14)28-10-9-27-18/h2-8,11-12,21H,9-10H2. The molecule has 3 aromatic carbocycles. The average molecular weight is 416 g/mol. The Labute approximate surface area is 175 Å². The molecule has 6 rings (SSSR count). The molecule has 0 saturated carbocycles. The highest BCUT2D eigenvalue weighted by Crippen LogP contribution is 2.45. The predicted octanol–water partition coefficient (Wildman–Crippen LogP) is 4.06. The molecule has 0 bridgehead atoms. The summed E-state index contributed by atoms with van der Waals surface area (Å²) in [5.74, 6) is 1.68. The van der Waals surface area contributed by atoms with Crippen LogP contribution in [-0.4, -0.2) is 28.7 Å². The number of fused-ring (bicyclic) bond motifs is 3. The first-order valence-corrected chi connectivity index (χ1v) is 10.2. The van der Waals surface area contributed by atoms with Gasteiger partial charge in [-0.15, -0.1) is 5.10 Å². The van der Waals surface area contributed by atoms with Gasteiger partial charge < -0.3 is 14.2 Å².